The fourth-order valence-electron chi connectivity index (χ4n) is 1.81. The smallest absolute Gasteiger partial charge is 0.159 e. The maximum Gasteiger partial charge on any atom is 0.159 e. The molecule has 2 rings (SSSR count). The summed E-state index contributed by atoms with van der Waals surface area (Å²) in [5.74, 6) is -1.00. The van der Waals surface area contributed by atoms with Crippen LogP contribution < -0.4 is 10.1 Å². The molecule has 0 aliphatic heterocycles. The molecule has 0 heterocycles. The summed E-state index contributed by atoms with van der Waals surface area (Å²) in [5.41, 5.74) is 1.58. The van der Waals surface area contributed by atoms with E-state index >= 15 is 0 Å². The predicted molar refractivity (Wildman–Crippen MR) is 77.6 cm³/mol. The van der Waals surface area contributed by atoms with Crippen LogP contribution in [0.3, 0.4) is 0 Å². The van der Waals surface area contributed by atoms with Gasteiger partial charge in [-0.25, -0.2) is 8.78 Å². The van der Waals surface area contributed by atoms with Gasteiger partial charge in [-0.3, -0.25) is 0 Å². The Hall–Kier alpha value is -1.46. The van der Waals surface area contributed by atoms with Crippen LogP contribution in [-0.2, 0) is 13.2 Å². The molecule has 106 valence electrons. The molecule has 0 aliphatic carbocycles. The molecule has 0 bridgehead atoms. The minimum atomic E-state index is -0.864. The molecule has 0 aromatic heterocycles. The van der Waals surface area contributed by atoms with Gasteiger partial charge in [0.25, 0.3) is 0 Å². The average Bonchev–Trinajstić information content (AvgIpc) is 2.42. The van der Waals surface area contributed by atoms with Crippen LogP contribution in [0.5, 0.6) is 5.75 Å². The molecule has 5 heteroatoms. The summed E-state index contributed by atoms with van der Waals surface area (Å²) in [7, 11) is 1.85. The van der Waals surface area contributed by atoms with Crippen LogP contribution in [0.4, 0.5) is 8.78 Å². The van der Waals surface area contributed by atoms with Crippen LogP contribution in [0.1, 0.15) is 11.1 Å². The van der Waals surface area contributed by atoms with E-state index in [0.717, 1.165) is 22.2 Å². The SMILES string of the molecule is CNCc1cc(Br)ccc1OCc1ccc(F)c(F)c1. The Balaban J connectivity index is 2.11. The highest BCUT2D eigenvalue weighted by atomic mass is 79.9. The number of ether oxygens (including phenoxy) is 1. The fraction of sp³-hybridized carbons (Fsp3) is 0.200. The molecule has 0 fully saturated rings. The van der Waals surface area contributed by atoms with Gasteiger partial charge in [0, 0.05) is 16.6 Å². The van der Waals surface area contributed by atoms with Crippen LogP contribution in [0.15, 0.2) is 40.9 Å². The summed E-state index contributed by atoms with van der Waals surface area (Å²) in [4.78, 5) is 0. The van der Waals surface area contributed by atoms with E-state index in [9.17, 15) is 8.78 Å². The van der Waals surface area contributed by atoms with Crippen molar-refractivity contribution in [2.24, 2.45) is 0 Å². The number of hydrogen-bond donors (Lipinski definition) is 1. The van der Waals surface area contributed by atoms with E-state index in [1.807, 2.05) is 25.2 Å². The summed E-state index contributed by atoms with van der Waals surface area (Å²) in [6.07, 6.45) is 0. The summed E-state index contributed by atoms with van der Waals surface area (Å²) in [5, 5.41) is 3.06. The molecule has 0 saturated carbocycles. The number of hydrogen-bond acceptors (Lipinski definition) is 2. The van der Waals surface area contributed by atoms with Gasteiger partial charge in [-0.15, -0.1) is 0 Å². The zero-order chi connectivity index (χ0) is 14.5. The van der Waals surface area contributed by atoms with Gasteiger partial charge in [0.15, 0.2) is 11.6 Å². The highest BCUT2D eigenvalue weighted by Crippen LogP contribution is 2.24. The van der Waals surface area contributed by atoms with Crippen LogP contribution in [0.25, 0.3) is 0 Å². The molecule has 0 radical (unpaired) electrons. The Morgan fingerprint density at radius 1 is 1.10 bits per heavy atom. The number of benzene rings is 2. The van der Waals surface area contributed by atoms with E-state index in [-0.39, 0.29) is 6.61 Å². The molecule has 2 aromatic carbocycles. The van der Waals surface area contributed by atoms with Crippen molar-refractivity contribution in [2.45, 2.75) is 13.2 Å². The lowest BCUT2D eigenvalue weighted by Gasteiger charge is -2.12. The molecule has 2 nitrogen and oxygen atoms in total. The largest absolute Gasteiger partial charge is 0.489 e. The fourth-order valence-corrected chi connectivity index (χ4v) is 2.22. The maximum absolute atomic E-state index is 13.1. The second-order valence-electron chi connectivity index (χ2n) is 4.32. The first-order chi connectivity index (χ1) is 9.60. The summed E-state index contributed by atoms with van der Waals surface area (Å²) < 4.78 is 32.6. The van der Waals surface area contributed by atoms with E-state index in [4.69, 9.17) is 4.74 Å². The van der Waals surface area contributed by atoms with Crippen molar-refractivity contribution in [1.82, 2.24) is 5.32 Å². The Morgan fingerprint density at radius 3 is 2.60 bits per heavy atom. The van der Waals surface area contributed by atoms with Crippen molar-refractivity contribution in [3.63, 3.8) is 0 Å². The second-order valence-corrected chi connectivity index (χ2v) is 5.24. The quantitative estimate of drug-likeness (QED) is 0.886. The van der Waals surface area contributed by atoms with Gasteiger partial charge in [-0.2, -0.15) is 0 Å². The van der Waals surface area contributed by atoms with Gasteiger partial charge < -0.3 is 10.1 Å². The van der Waals surface area contributed by atoms with Crippen molar-refractivity contribution in [2.75, 3.05) is 7.05 Å². The third-order valence-electron chi connectivity index (χ3n) is 2.77. The molecule has 2 aromatic rings. The minimum Gasteiger partial charge on any atom is -0.489 e. The zero-order valence-electron chi connectivity index (χ0n) is 10.9. The minimum absolute atomic E-state index is 0.190. The Labute approximate surface area is 124 Å². The van der Waals surface area contributed by atoms with Crippen molar-refractivity contribution in [3.8, 4) is 5.75 Å². The molecule has 20 heavy (non-hydrogen) atoms. The highest BCUT2D eigenvalue weighted by Gasteiger charge is 2.06. The van der Waals surface area contributed by atoms with Gasteiger partial charge >= 0.3 is 0 Å². The molecular weight excluding hydrogens is 328 g/mol. The van der Waals surface area contributed by atoms with Crippen molar-refractivity contribution < 1.29 is 13.5 Å². The van der Waals surface area contributed by atoms with Crippen LogP contribution >= 0.6 is 15.9 Å². The number of nitrogens with one attached hydrogen (secondary N) is 1. The lowest BCUT2D eigenvalue weighted by Crippen LogP contribution is -2.07. The zero-order valence-corrected chi connectivity index (χ0v) is 12.5. The predicted octanol–water partition coefficient (Wildman–Crippen LogP) is 4.03. The Bertz CT molecular complexity index is 604. The molecule has 1 N–H and O–H groups in total. The van der Waals surface area contributed by atoms with Crippen molar-refractivity contribution >= 4 is 15.9 Å². The van der Waals surface area contributed by atoms with Crippen LogP contribution in [-0.4, -0.2) is 7.05 Å². The van der Waals surface area contributed by atoms with E-state index in [2.05, 4.69) is 21.2 Å². The summed E-state index contributed by atoms with van der Waals surface area (Å²) in [6, 6.07) is 9.43. The van der Waals surface area contributed by atoms with E-state index in [0.29, 0.717) is 17.9 Å². The monoisotopic (exact) mass is 341 g/mol. The first-order valence-corrected chi connectivity index (χ1v) is 6.89. The molecule has 0 spiro atoms. The van der Waals surface area contributed by atoms with Gasteiger partial charge in [0.1, 0.15) is 12.4 Å². The molecule has 0 aliphatic rings. The third kappa shape index (κ3) is 3.77. The first-order valence-electron chi connectivity index (χ1n) is 6.10. The van der Waals surface area contributed by atoms with Gasteiger partial charge in [-0.05, 0) is 42.9 Å². The molecule has 0 saturated heterocycles. The molecular formula is C15H14BrF2NO. The van der Waals surface area contributed by atoms with E-state index in [1.54, 1.807) is 0 Å². The Kier molecular flexibility index (Phi) is 5.09. The van der Waals surface area contributed by atoms with E-state index in [1.165, 1.54) is 6.07 Å². The van der Waals surface area contributed by atoms with Crippen molar-refractivity contribution in [3.05, 3.63) is 63.6 Å². The van der Waals surface area contributed by atoms with Gasteiger partial charge in [0.2, 0.25) is 0 Å². The van der Waals surface area contributed by atoms with Crippen molar-refractivity contribution in [1.29, 1.82) is 0 Å². The molecule has 0 amide bonds. The van der Waals surface area contributed by atoms with Gasteiger partial charge in [0.05, 0.1) is 0 Å². The lowest BCUT2D eigenvalue weighted by atomic mass is 10.2. The maximum atomic E-state index is 13.1. The topological polar surface area (TPSA) is 21.3 Å². The average molecular weight is 342 g/mol. The first kappa shape index (κ1) is 14.9. The molecule has 0 unspecified atom stereocenters. The second kappa shape index (κ2) is 6.81. The summed E-state index contributed by atoms with van der Waals surface area (Å²) >= 11 is 3.41. The highest BCUT2D eigenvalue weighted by molar-refractivity contribution is 9.10. The standard InChI is InChI=1S/C15H14BrF2NO/c1-19-8-11-7-12(16)3-5-15(11)20-9-10-2-4-13(17)14(18)6-10/h2-7,19H,8-9H2,1H3. The Morgan fingerprint density at radius 2 is 1.90 bits per heavy atom. The number of rotatable bonds is 5. The van der Waals surface area contributed by atoms with Crippen LogP contribution in [0.2, 0.25) is 0 Å². The van der Waals surface area contributed by atoms with Gasteiger partial charge in [-0.1, -0.05) is 22.0 Å². The molecule has 0 atom stereocenters. The third-order valence-corrected chi connectivity index (χ3v) is 3.26. The normalized spacial score (nSPS) is 10.6. The number of halogens is 3. The lowest BCUT2D eigenvalue weighted by molar-refractivity contribution is 0.301. The van der Waals surface area contributed by atoms with Crippen LogP contribution in [0, 0.1) is 11.6 Å². The summed E-state index contributed by atoms with van der Waals surface area (Å²) in [6.45, 7) is 0.849. The van der Waals surface area contributed by atoms with E-state index < -0.39 is 11.6 Å².